The van der Waals surface area contributed by atoms with Gasteiger partial charge < -0.3 is 0 Å². The van der Waals surface area contributed by atoms with E-state index in [9.17, 15) is 9.59 Å². The third-order valence-electron chi connectivity index (χ3n) is 1.35. The summed E-state index contributed by atoms with van der Waals surface area (Å²) >= 11 is 6.83. The lowest BCUT2D eigenvalue weighted by Crippen LogP contribution is -2.34. The molecule has 4 nitrogen and oxygen atoms in total. The summed E-state index contributed by atoms with van der Waals surface area (Å²) in [5, 5.41) is 2.68. The van der Waals surface area contributed by atoms with E-state index >= 15 is 0 Å². The zero-order valence-corrected chi connectivity index (χ0v) is 9.48. The molecule has 0 heterocycles. The first-order valence-electron chi connectivity index (χ1n) is 4.08. The molecule has 15 heavy (non-hydrogen) atoms. The third-order valence-corrected chi connectivity index (χ3v) is 2.36. The van der Waals surface area contributed by atoms with Gasteiger partial charge in [-0.2, -0.15) is 0 Å². The number of rotatable bonds is 2. The van der Waals surface area contributed by atoms with Gasteiger partial charge in [-0.15, -0.1) is 0 Å². The Morgan fingerprint density at radius 1 is 1.40 bits per heavy atom. The first-order chi connectivity index (χ1) is 7.08. The van der Waals surface area contributed by atoms with Gasteiger partial charge in [0, 0.05) is 16.8 Å². The quantitative estimate of drug-likeness (QED) is 0.784. The van der Waals surface area contributed by atoms with Gasteiger partial charge in [0.05, 0.1) is 0 Å². The van der Waals surface area contributed by atoms with E-state index < -0.39 is 11.9 Å². The number of nitrogens with one attached hydrogen (secondary N) is 2. The van der Waals surface area contributed by atoms with Crippen LogP contribution in [0, 0.1) is 0 Å². The molecule has 0 aliphatic carbocycles. The summed E-state index contributed by atoms with van der Waals surface area (Å²) < 4.78 is 2.44. The standard InChI is InChI=1S/C9H9ClN2O2S/c1-6(13)11-9(14)12-15-8-4-2-3-7(10)5-8/h2-5H,1H3,(H2,11,12,13,14). The van der Waals surface area contributed by atoms with Crippen molar-refractivity contribution in [3.8, 4) is 0 Å². The van der Waals surface area contributed by atoms with Gasteiger partial charge in [-0.05, 0) is 30.1 Å². The summed E-state index contributed by atoms with van der Waals surface area (Å²) in [6, 6.07) is 6.47. The van der Waals surface area contributed by atoms with Crippen molar-refractivity contribution < 1.29 is 9.59 Å². The monoisotopic (exact) mass is 244 g/mol. The first kappa shape index (κ1) is 11.9. The second-order valence-electron chi connectivity index (χ2n) is 2.67. The molecular weight excluding hydrogens is 236 g/mol. The highest BCUT2D eigenvalue weighted by atomic mass is 35.5. The molecule has 0 aromatic heterocycles. The van der Waals surface area contributed by atoms with Crippen LogP contribution in [-0.2, 0) is 4.79 Å². The SMILES string of the molecule is CC(=O)NC(=O)NSc1cccc(Cl)c1. The number of hydrogen-bond acceptors (Lipinski definition) is 3. The minimum absolute atomic E-state index is 0.404. The van der Waals surface area contributed by atoms with Crippen LogP contribution in [-0.4, -0.2) is 11.9 Å². The van der Waals surface area contributed by atoms with Crippen LogP contribution in [0.1, 0.15) is 6.92 Å². The molecule has 3 amide bonds. The van der Waals surface area contributed by atoms with Crippen LogP contribution in [0.4, 0.5) is 4.79 Å². The van der Waals surface area contributed by atoms with Crippen LogP contribution < -0.4 is 10.0 Å². The second kappa shape index (κ2) is 5.63. The predicted octanol–water partition coefficient (Wildman–Crippen LogP) is 2.19. The summed E-state index contributed by atoms with van der Waals surface area (Å²) in [4.78, 5) is 22.3. The molecule has 0 saturated carbocycles. The van der Waals surface area contributed by atoms with Crippen molar-refractivity contribution in [2.24, 2.45) is 0 Å². The molecule has 6 heteroatoms. The fraction of sp³-hybridized carbons (Fsp3) is 0.111. The maximum absolute atomic E-state index is 11.0. The minimum Gasteiger partial charge on any atom is -0.278 e. The van der Waals surface area contributed by atoms with Gasteiger partial charge in [0.1, 0.15) is 0 Å². The van der Waals surface area contributed by atoms with E-state index in [1.54, 1.807) is 24.3 Å². The Kier molecular flexibility index (Phi) is 4.45. The van der Waals surface area contributed by atoms with Gasteiger partial charge in [-0.25, -0.2) is 4.79 Å². The Bertz CT molecular complexity index is 384. The highest BCUT2D eigenvalue weighted by Crippen LogP contribution is 2.18. The van der Waals surface area contributed by atoms with Crippen molar-refractivity contribution in [3.05, 3.63) is 29.3 Å². The van der Waals surface area contributed by atoms with Crippen LogP contribution in [0.2, 0.25) is 5.02 Å². The van der Waals surface area contributed by atoms with E-state index in [0.29, 0.717) is 5.02 Å². The Morgan fingerprint density at radius 2 is 2.13 bits per heavy atom. The van der Waals surface area contributed by atoms with Crippen molar-refractivity contribution in [2.75, 3.05) is 0 Å². The van der Waals surface area contributed by atoms with Crippen LogP contribution >= 0.6 is 23.5 Å². The summed E-state index contributed by atoms with van der Waals surface area (Å²) in [5.74, 6) is -0.404. The van der Waals surface area contributed by atoms with E-state index in [0.717, 1.165) is 16.8 Å². The molecule has 2 N–H and O–H groups in total. The summed E-state index contributed by atoms with van der Waals surface area (Å²) in [7, 11) is 0. The molecule has 0 bridgehead atoms. The fourth-order valence-electron chi connectivity index (χ4n) is 0.821. The van der Waals surface area contributed by atoms with Crippen LogP contribution in [0.25, 0.3) is 0 Å². The molecular formula is C9H9ClN2O2S. The molecule has 0 aliphatic heterocycles. The van der Waals surface area contributed by atoms with Crippen LogP contribution in [0.5, 0.6) is 0 Å². The molecule has 0 spiro atoms. The maximum Gasteiger partial charge on any atom is 0.331 e. The second-order valence-corrected chi connectivity index (χ2v) is 3.99. The topological polar surface area (TPSA) is 58.2 Å². The summed E-state index contributed by atoms with van der Waals surface area (Å²) in [6.07, 6.45) is 0. The van der Waals surface area contributed by atoms with Crippen molar-refractivity contribution in [1.29, 1.82) is 0 Å². The molecule has 0 aliphatic rings. The average molecular weight is 245 g/mol. The van der Waals surface area contributed by atoms with E-state index in [4.69, 9.17) is 11.6 Å². The average Bonchev–Trinajstić information content (AvgIpc) is 2.14. The number of amides is 3. The lowest BCUT2D eigenvalue weighted by molar-refractivity contribution is -0.117. The van der Waals surface area contributed by atoms with E-state index in [-0.39, 0.29) is 0 Å². The van der Waals surface area contributed by atoms with Crippen molar-refractivity contribution in [1.82, 2.24) is 10.0 Å². The van der Waals surface area contributed by atoms with Gasteiger partial charge in [0.2, 0.25) is 5.91 Å². The lowest BCUT2D eigenvalue weighted by Gasteiger charge is -2.03. The normalized spacial score (nSPS) is 9.47. The molecule has 1 aromatic carbocycles. The van der Waals surface area contributed by atoms with Crippen molar-refractivity contribution in [3.63, 3.8) is 0 Å². The largest absolute Gasteiger partial charge is 0.331 e. The fourth-order valence-corrected chi connectivity index (χ4v) is 1.67. The van der Waals surface area contributed by atoms with Gasteiger partial charge >= 0.3 is 6.03 Å². The first-order valence-corrected chi connectivity index (χ1v) is 5.27. The smallest absolute Gasteiger partial charge is 0.278 e. The van der Waals surface area contributed by atoms with E-state index in [1.807, 2.05) is 0 Å². The molecule has 1 rings (SSSR count). The Hall–Kier alpha value is -1.20. The predicted molar refractivity (Wildman–Crippen MR) is 59.7 cm³/mol. The molecule has 0 unspecified atom stereocenters. The molecule has 0 saturated heterocycles. The Morgan fingerprint density at radius 3 is 2.73 bits per heavy atom. The minimum atomic E-state index is -0.549. The molecule has 0 radical (unpaired) electrons. The Balaban J connectivity index is 2.43. The van der Waals surface area contributed by atoms with Gasteiger partial charge in [-0.3, -0.25) is 14.8 Å². The van der Waals surface area contributed by atoms with Crippen molar-refractivity contribution in [2.45, 2.75) is 11.8 Å². The zero-order chi connectivity index (χ0) is 11.3. The summed E-state index contributed by atoms with van der Waals surface area (Å²) in [6.45, 7) is 1.27. The summed E-state index contributed by atoms with van der Waals surface area (Å²) in [5.41, 5.74) is 0. The molecule has 0 fully saturated rings. The number of hydrogen-bond donors (Lipinski definition) is 2. The number of halogens is 1. The zero-order valence-electron chi connectivity index (χ0n) is 7.91. The van der Waals surface area contributed by atoms with Crippen LogP contribution in [0.15, 0.2) is 29.2 Å². The number of urea groups is 1. The van der Waals surface area contributed by atoms with Crippen LogP contribution in [0.3, 0.4) is 0 Å². The number of benzene rings is 1. The third kappa shape index (κ3) is 4.71. The highest BCUT2D eigenvalue weighted by Gasteiger charge is 2.02. The van der Waals surface area contributed by atoms with Gasteiger partial charge in [0.25, 0.3) is 0 Å². The van der Waals surface area contributed by atoms with Crippen molar-refractivity contribution >= 4 is 35.5 Å². The maximum atomic E-state index is 11.0. The highest BCUT2D eigenvalue weighted by molar-refractivity contribution is 7.98. The number of imide groups is 1. The van der Waals surface area contributed by atoms with Gasteiger partial charge in [0.15, 0.2) is 0 Å². The number of carbonyl (C=O) groups is 2. The molecule has 80 valence electrons. The molecule has 0 atom stereocenters. The number of carbonyl (C=O) groups excluding carboxylic acids is 2. The lowest BCUT2D eigenvalue weighted by atomic mass is 10.4. The van der Waals surface area contributed by atoms with Gasteiger partial charge in [-0.1, -0.05) is 17.7 Å². The Labute approximate surface area is 96.5 Å². The van der Waals surface area contributed by atoms with E-state index in [2.05, 4.69) is 10.0 Å². The van der Waals surface area contributed by atoms with E-state index in [1.165, 1.54) is 6.92 Å². The molecule has 1 aromatic rings.